The molecule has 1 saturated heterocycles. The van der Waals surface area contributed by atoms with Gasteiger partial charge in [0.25, 0.3) is 0 Å². The van der Waals surface area contributed by atoms with Gasteiger partial charge in [-0.15, -0.1) is 0 Å². The molecule has 1 aromatic carbocycles. The second-order valence-corrected chi connectivity index (χ2v) is 6.37. The monoisotopic (exact) mass is 310 g/mol. The maximum Gasteiger partial charge on any atom is 0.0178 e. The van der Waals surface area contributed by atoms with Crippen molar-refractivity contribution in [3.05, 3.63) is 34.3 Å². The molecule has 0 aromatic heterocycles. The van der Waals surface area contributed by atoms with E-state index >= 15 is 0 Å². The summed E-state index contributed by atoms with van der Waals surface area (Å²) in [5, 5.41) is 3.42. The molecule has 2 nitrogen and oxygen atoms in total. The van der Waals surface area contributed by atoms with Gasteiger partial charge in [0.05, 0.1) is 0 Å². The molecule has 0 spiro atoms. The van der Waals surface area contributed by atoms with Gasteiger partial charge in [0, 0.05) is 37.2 Å². The Hall–Kier alpha value is -0.380. The lowest BCUT2D eigenvalue weighted by Crippen LogP contribution is -2.45. The lowest BCUT2D eigenvalue weighted by molar-refractivity contribution is 0.212. The van der Waals surface area contributed by atoms with Gasteiger partial charge in [0.15, 0.2) is 0 Å². The standard InChI is InChI=1S/C15H23BrN2/c1-12(2)15(11-18-8-6-17-7-9-18)13-4-3-5-14(16)10-13/h3-5,10,12,15,17H,6-9,11H2,1-2H3. The first-order valence-electron chi connectivity index (χ1n) is 6.85. The number of nitrogens with zero attached hydrogens (tertiary/aromatic N) is 1. The lowest BCUT2D eigenvalue weighted by atomic mass is 9.88. The van der Waals surface area contributed by atoms with E-state index in [0.29, 0.717) is 11.8 Å². The van der Waals surface area contributed by atoms with Crippen LogP contribution in [-0.4, -0.2) is 37.6 Å². The number of hydrogen-bond acceptors (Lipinski definition) is 2. The van der Waals surface area contributed by atoms with Gasteiger partial charge in [-0.1, -0.05) is 41.9 Å². The van der Waals surface area contributed by atoms with Crippen LogP contribution in [0.3, 0.4) is 0 Å². The number of rotatable bonds is 4. The molecule has 100 valence electrons. The summed E-state index contributed by atoms with van der Waals surface area (Å²) in [6.07, 6.45) is 0. The average Bonchev–Trinajstić information content (AvgIpc) is 2.37. The second-order valence-electron chi connectivity index (χ2n) is 5.46. The van der Waals surface area contributed by atoms with Crippen molar-refractivity contribution in [1.29, 1.82) is 0 Å². The zero-order valence-electron chi connectivity index (χ0n) is 11.3. The zero-order valence-corrected chi connectivity index (χ0v) is 12.9. The first kappa shape index (κ1) is 14.0. The van der Waals surface area contributed by atoms with Crippen LogP contribution in [0.2, 0.25) is 0 Å². The Morgan fingerprint density at radius 3 is 2.61 bits per heavy atom. The summed E-state index contributed by atoms with van der Waals surface area (Å²) < 4.78 is 1.19. The topological polar surface area (TPSA) is 15.3 Å². The molecule has 1 heterocycles. The van der Waals surface area contributed by atoms with Crippen molar-refractivity contribution in [1.82, 2.24) is 10.2 Å². The summed E-state index contributed by atoms with van der Waals surface area (Å²) in [5.41, 5.74) is 1.46. The number of piperazine rings is 1. The Kier molecular flexibility index (Phi) is 5.22. The molecule has 1 N–H and O–H groups in total. The Morgan fingerprint density at radius 2 is 2.00 bits per heavy atom. The maximum absolute atomic E-state index is 3.58. The molecule has 0 bridgehead atoms. The van der Waals surface area contributed by atoms with Crippen LogP contribution < -0.4 is 5.32 Å². The van der Waals surface area contributed by atoms with E-state index in [4.69, 9.17) is 0 Å². The van der Waals surface area contributed by atoms with Gasteiger partial charge in [-0.05, 0) is 29.5 Å². The van der Waals surface area contributed by atoms with Gasteiger partial charge in [0.1, 0.15) is 0 Å². The van der Waals surface area contributed by atoms with Gasteiger partial charge < -0.3 is 10.2 Å². The molecule has 0 aliphatic carbocycles. The van der Waals surface area contributed by atoms with E-state index in [1.807, 2.05) is 0 Å². The molecule has 1 aromatic rings. The van der Waals surface area contributed by atoms with E-state index in [1.54, 1.807) is 0 Å². The molecule has 1 fully saturated rings. The zero-order chi connectivity index (χ0) is 13.0. The fourth-order valence-electron chi connectivity index (χ4n) is 2.61. The van der Waals surface area contributed by atoms with Crippen LogP contribution in [-0.2, 0) is 0 Å². The Labute approximate surface area is 119 Å². The fraction of sp³-hybridized carbons (Fsp3) is 0.600. The van der Waals surface area contributed by atoms with Crippen LogP contribution in [0.4, 0.5) is 0 Å². The second kappa shape index (κ2) is 6.69. The summed E-state index contributed by atoms with van der Waals surface area (Å²) in [5.74, 6) is 1.30. The van der Waals surface area contributed by atoms with Gasteiger partial charge in [-0.25, -0.2) is 0 Å². The molecule has 1 aliphatic heterocycles. The molecule has 1 unspecified atom stereocenters. The van der Waals surface area contributed by atoms with Gasteiger partial charge in [-0.2, -0.15) is 0 Å². The summed E-state index contributed by atoms with van der Waals surface area (Å²) in [6.45, 7) is 10.4. The van der Waals surface area contributed by atoms with Crippen LogP contribution in [0.25, 0.3) is 0 Å². The molecular formula is C15H23BrN2. The summed E-state index contributed by atoms with van der Waals surface area (Å²) in [7, 11) is 0. The highest BCUT2D eigenvalue weighted by Gasteiger charge is 2.20. The highest BCUT2D eigenvalue weighted by Crippen LogP contribution is 2.27. The average molecular weight is 311 g/mol. The molecule has 3 heteroatoms. The van der Waals surface area contributed by atoms with Crippen molar-refractivity contribution >= 4 is 15.9 Å². The van der Waals surface area contributed by atoms with E-state index in [9.17, 15) is 0 Å². The summed E-state index contributed by atoms with van der Waals surface area (Å²) in [4.78, 5) is 2.59. The minimum Gasteiger partial charge on any atom is -0.314 e. The van der Waals surface area contributed by atoms with Crippen molar-refractivity contribution in [3.8, 4) is 0 Å². The Morgan fingerprint density at radius 1 is 1.28 bits per heavy atom. The minimum absolute atomic E-state index is 0.626. The molecule has 1 atom stereocenters. The Bertz CT molecular complexity index is 373. The van der Waals surface area contributed by atoms with Crippen LogP contribution in [0.5, 0.6) is 0 Å². The number of benzene rings is 1. The number of hydrogen-bond donors (Lipinski definition) is 1. The number of nitrogens with one attached hydrogen (secondary N) is 1. The smallest absolute Gasteiger partial charge is 0.0178 e. The maximum atomic E-state index is 3.58. The van der Waals surface area contributed by atoms with Crippen molar-refractivity contribution in [3.63, 3.8) is 0 Å². The quantitative estimate of drug-likeness (QED) is 0.919. The SMILES string of the molecule is CC(C)C(CN1CCNCC1)c1cccc(Br)c1. The number of halogens is 1. The molecule has 0 radical (unpaired) electrons. The third-order valence-electron chi connectivity index (χ3n) is 3.75. The van der Waals surface area contributed by atoms with Crippen LogP contribution in [0, 0.1) is 5.92 Å². The van der Waals surface area contributed by atoms with Crippen molar-refractivity contribution in [2.24, 2.45) is 5.92 Å². The van der Waals surface area contributed by atoms with Crippen LogP contribution >= 0.6 is 15.9 Å². The van der Waals surface area contributed by atoms with E-state index in [1.165, 1.54) is 29.7 Å². The van der Waals surface area contributed by atoms with Gasteiger partial charge >= 0.3 is 0 Å². The molecular weight excluding hydrogens is 288 g/mol. The van der Waals surface area contributed by atoms with E-state index in [-0.39, 0.29) is 0 Å². The normalized spacial score (nSPS) is 19.1. The summed E-state index contributed by atoms with van der Waals surface area (Å²) in [6, 6.07) is 8.78. The van der Waals surface area contributed by atoms with E-state index < -0.39 is 0 Å². The molecule has 0 amide bonds. The van der Waals surface area contributed by atoms with E-state index in [2.05, 4.69) is 64.3 Å². The molecule has 1 aliphatic rings. The first-order valence-corrected chi connectivity index (χ1v) is 7.64. The van der Waals surface area contributed by atoms with Crippen LogP contribution in [0.1, 0.15) is 25.3 Å². The largest absolute Gasteiger partial charge is 0.314 e. The van der Waals surface area contributed by atoms with E-state index in [0.717, 1.165) is 13.1 Å². The predicted octanol–water partition coefficient (Wildman–Crippen LogP) is 3.09. The minimum atomic E-state index is 0.626. The van der Waals surface area contributed by atoms with Gasteiger partial charge in [-0.3, -0.25) is 0 Å². The molecule has 0 saturated carbocycles. The first-order chi connectivity index (χ1) is 8.66. The highest BCUT2D eigenvalue weighted by molar-refractivity contribution is 9.10. The highest BCUT2D eigenvalue weighted by atomic mass is 79.9. The van der Waals surface area contributed by atoms with Crippen molar-refractivity contribution in [2.75, 3.05) is 32.7 Å². The van der Waals surface area contributed by atoms with Crippen LogP contribution in [0.15, 0.2) is 28.7 Å². The van der Waals surface area contributed by atoms with Gasteiger partial charge in [0.2, 0.25) is 0 Å². The van der Waals surface area contributed by atoms with Crippen molar-refractivity contribution in [2.45, 2.75) is 19.8 Å². The third kappa shape index (κ3) is 3.81. The predicted molar refractivity (Wildman–Crippen MR) is 81.0 cm³/mol. The third-order valence-corrected chi connectivity index (χ3v) is 4.24. The van der Waals surface area contributed by atoms with Crippen molar-refractivity contribution < 1.29 is 0 Å². The molecule has 2 rings (SSSR count). The summed E-state index contributed by atoms with van der Waals surface area (Å²) >= 11 is 3.58. The Balaban J connectivity index is 2.07. The lowest BCUT2D eigenvalue weighted by Gasteiger charge is -2.33. The molecule has 18 heavy (non-hydrogen) atoms. The fourth-order valence-corrected chi connectivity index (χ4v) is 3.03.